The van der Waals surface area contributed by atoms with E-state index in [-0.39, 0.29) is 12.6 Å². The molecular weight excluding hydrogens is 216 g/mol. The van der Waals surface area contributed by atoms with Crippen molar-refractivity contribution in [2.24, 2.45) is 0 Å². The lowest BCUT2D eigenvalue weighted by molar-refractivity contribution is 0.249. The summed E-state index contributed by atoms with van der Waals surface area (Å²) in [5, 5.41) is 14.0. The fourth-order valence-electron chi connectivity index (χ4n) is 1.43. The van der Waals surface area contributed by atoms with E-state index in [0.29, 0.717) is 18.9 Å². The summed E-state index contributed by atoms with van der Waals surface area (Å²) in [5.74, 6) is 0.439. The highest BCUT2D eigenvalue weighted by molar-refractivity contribution is 5.89. The largest absolute Gasteiger partial charge is 0.396 e. The number of anilines is 1. The minimum absolute atomic E-state index is 0.0864. The summed E-state index contributed by atoms with van der Waals surface area (Å²) < 4.78 is 0. The number of nitrogens with one attached hydrogen (secondary N) is 2. The number of aliphatic hydroxyl groups excluding tert-OH is 1. The van der Waals surface area contributed by atoms with E-state index < -0.39 is 0 Å². The van der Waals surface area contributed by atoms with Gasteiger partial charge in [-0.3, -0.25) is 0 Å². The molecule has 0 spiro atoms. The van der Waals surface area contributed by atoms with Crippen molar-refractivity contribution in [2.75, 3.05) is 18.5 Å². The molecule has 0 unspecified atom stereocenters. The highest BCUT2D eigenvalue weighted by Crippen LogP contribution is 2.18. The molecule has 0 saturated heterocycles. The minimum Gasteiger partial charge on any atom is -0.396 e. The maximum atomic E-state index is 11.5. The Bertz CT molecular complexity index is 364. The highest BCUT2D eigenvalue weighted by atomic mass is 16.3. The number of hydrogen-bond acceptors (Lipinski definition) is 2. The molecule has 0 atom stereocenters. The van der Waals surface area contributed by atoms with Crippen molar-refractivity contribution in [2.45, 2.75) is 26.2 Å². The molecule has 0 aliphatic heterocycles. The third-order valence-corrected chi connectivity index (χ3v) is 2.43. The van der Waals surface area contributed by atoms with Gasteiger partial charge in [0.15, 0.2) is 0 Å². The van der Waals surface area contributed by atoms with Crippen LogP contribution in [0.15, 0.2) is 24.3 Å². The second-order valence-corrected chi connectivity index (χ2v) is 4.24. The summed E-state index contributed by atoms with van der Waals surface area (Å²) in [6, 6.07) is 7.56. The number of hydrogen-bond donors (Lipinski definition) is 3. The van der Waals surface area contributed by atoms with Crippen molar-refractivity contribution in [1.29, 1.82) is 0 Å². The molecule has 0 bridgehead atoms. The van der Waals surface area contributed by atoms with Crippen molar-refractivity contribution in [3.8, 4) is 0 Å². The fraction of sp³-hybridized carbons (Fsp3) is 0.462. The van der Waals surface area contributed by atoms with E-state index in [4.69, 9.17) is 5.11 Å². The minimum atomic E-state index is -0.237. The van der Waals surface area contributed by atoms with E-state index in [0.717, 1.165) is 5.69 Å². The van der Waals surface area contributed by atoms with Crippen LogP contribution in [0.3, 0.4) is 0 Å². The molecule has 0 radical (unpaired) electrons. The van der Waals surface area contributed by atoms with Gasteiger partial charge in [-0.05, 0) is 30.0 Å². The highest BCUT2D eigenvalue weighted by Gasteiger charge is 2.03. The molecule has 4 heteroatoms. The summed E-state index contributed by atoms with van der Waals surface area (Å²) in [6.45, 7) is 4.79. The molecule has 17 heavy (non-hydrogen) atoms. The van der Waals surface area contributed by atoms with Gasteiger partial charge in [0.2, 0.25) is 0 Å². The summed E-state index contributed by atoms with van der Waals surface area (Å²) in [6.07, 6.45) is 0.569. The van der Waals surface area contributed by atoms with E-state index in [1.54, 1.807) is 0 Å². The number of amides is 2. The predicted molar refractivity (Wildman–Crippen MR) is 69.3 cm³/mol. The van der Waals surface area contributed by atoms with Gasteiger partial charge in [-0.1, -0.05) is 26.0 Å². The van der Waals surface area contributed by atoms with Crippen LogP contribution < -0.4 is 10.6 Å². The molecule has 0 aromatic heterocycles. The zero-order valence-corrected chi connectivity index (χ0v) is 10.4. The van der Waals surface area contributed by atoms with Crippen molar-refractivity contribution in [3.63, 3.8) is 0 Å². The van der Waals surface area contributed by atoms with Gasteiger partial charge in [-0.15, -0.1) is 0 Å². The topological polar surface area (TPSA) is 61.4 Å². The molecule has 1 rings (SSSR count). The van der Waals surface area contributed by atoms with Gasteiger partial charge in [0, 0.05) is 18.8 Å². The molecular formula is C13H20N2O2. The van der Waals surface area contributed by atoms with Crippen LogP contribution in [0.25, 0.3) is 0 Å². The molecule has 94 valence electrons. The van der Waals surface area contributed by atoms with Crippen molar-refractivity contribution in [3.05, 3.63) is 29.8 Å². The van der Waals surface area contributed by atoms with Gasteiger partial charge < -0.3 is 15.7 Å². The maximum Gasteiger partial charge on any atom is 0.319 e. The number of carbonyl (C=O) groups excluding carboxylic acids is 1. The molecule has 3 N–H and O–H groups in total. The average molecular weight is 236 g/mol. The van der Waals surface area contributed by atoms with Crippen LogP contribution >= 0.6 is 0 Å². The van der Waals surface area contributed by atoms with Crippen molar-refractivity contribution >= 4 is 11.7 Å². The van der Waals surface area contributed by atoms with Crippen LogP contribution in [-0.2, 0) is 0 Å². The summed E-state index contributed by atoms with van der Waals surface area (Å²) in [7, 11) is 0. The van der Waals surface area contributed by atoms with Crippen LogP contribution in [0.4, 0.5) is 10.5 Å². The maximum absolute atomic E-state index is 11.5. The molecule has 1 aromatic carbocycles. The molecule has 0 heterocycles. The van der Waals surface area contributed by atoms with Crippen LogP contribution in [0.1, 0.15) is 31.7 Å². The molecule has 0 saturated carbocycles. The first-order valence-electron chi connectivity index (χ1n) is 5.89. The predicted octanol–water partition coefficient (Wildman–Crippen LogP) is 2.31. The zero-order valence-electron chi connectivity index (χ0n) is 10.4. The lowest BCUT2D eigenvalue weighted by Crippen LogP contribution is -2.29. The Balaban J connectivity index is 2.50. The standard InChI is InChI=1S/C13H20N2O2/c1-10(2)11-5-3-6-12(9-11)15-13(17)14-7-4-8-16/h3,5-6,9-10,16H,4,7-8H2,1-2H3,(H2,14,15,17). The molecule has 0 fully saturated rings. The van der Waals surface area contributed by atoms with Crippen LogP contribution in [-0.4, -0.2) is 24.3 Å². The molecule has 0 aliphatic rings. The smallest absolute Gasteiger partial charge is 0.319 e. The second kappa shape index (κ2) is 6.91. The summed E-state index contributed by atoms with van der Waals surface area (Å²) >= 11 is 0. The zero-order chi connectivity index (χ0) is 12.7. The van der Waals surface area contributed by atoms with E-state index in [1.165, 1.54) is 5.56 Å². The van der Waals surface area contributed by atoms with Gasteiger partial charge in [0.25, 0.3) is 0 Å². The Morgan fingerprint density at radius 3 is 2.82 bits per heavy atom. The van der Waals surface area contributed by atoms with Crippen LogP contribution in [0, 0.1) is 0 Å². The summed E-state index contributed by atoms with van der Waals surface area (Å²) in [5.41, 5.74) is 1.98. The monoisotopic (exact) mass is 236 g/mol. The molecule has 4 nitrogen and oxygen atoms in total. The lowest BCUT2D eigenvalue weighted by Gasteiger charge is -2.10. The van der Waals surface area contributed by atoms with Gasteiger partial charge in [0.1, 0.15) is 0 Å². The molecule has 1 aromatic rings. The quantitative estimate of drug-likeness (QED) is 0.687. The third kappa shape index (κ3) is 4.87. The second-order valence-electron chi connectivity index (χ2n) is 4.24. The number of urea groups is 1. The Morgan fingerprint density at radius 2 is 2.18 bits per heavy atom. The van der Waals surface area contributed by atoms with E-state index in [1.807, 2.05) is 24.3 Å². The van der Waals surface area contributed by atoms with Gasteiger partial charge in [0.05, 0.1) is 0 Å². The first kappa shape index (κ1) is 13.5. The first-order chi connectivity index (χ1) is 8.13. The van der Waals surface area contributed by atoms with Gasteiger partial charge >= 0.3 is 6.03 Å². The summed E-state index contributed by atoms with van der Waals surface area (Å²) in [4.78, 5) is 11.5. The number of aliphatic hydroxyl groups is 1. The normalized spacial score (nSPS) is 10.4. The Hall–Kier alpha value is -1.55. The Kier molecular flexibility index (Phi) is 5.49. The van der Waals surface area contributed by atoms with E-state index in [9.17, 15) is 4.79 Å². The lowest BCUT2D eigenvalue weighted by atomic mass is 10.0. The first-order valence-corrected chi connectivity index (χ1v) is 5.89. The Morgan fingerprint density at radius 1 is 1.41 bits per heavy atom. The number of rotatable bonds is 5. The van der Waals surface area contributed by atoms with Crippen LogP contribution in [0.2, 0.25) is 0 Å². The molecule has 0 aliphatic carbocycles. The van der Waals surface area contributed by atoms with E-state index >= 15 is 0 Å². The SMILES string of the molecule is CC(C)c1cccc(NC(=O)NCCCO)c1. The van der Waals surface area contributed by atoms with E-state index in [2.05, 4.69) is 24.5 Å². The third-order valence-electron chi connectivity index (χ3n) is 2.43. The Labute approximate surface area is 102 Å². The molecule has 2 amide bonds. The number of carbonyl (C=O) groups is 1. The average Bonchev–Trinajstić information content (AvgIpc) is 2.29. The van der Waals surface area contributed by atoms with Gasteiger partial charge in [-0.2, -0.15) is 0 Å². The van der Waals surface area contributed by atoms with Crippen molar-refractivity contribution < 1.29 is 9.90 Å². The van der Waals surface area contributed by atoms with Crippen molar-refractivity contribution in [1.82, 2.24) is 5.32 Å². The fourth-order valence-corrected chi connectivity index (χ4v) is 1.43. The van der Waals surface area contributed by atoms with Gasteiger partial charge in [-0.25, -0.2) is 4.79 Å². The van der Waals surface area contributed by atoms with Crippen LogP contribution in [0.5, 0.6) is 0 Å². The number of benzene rings is 1.